The zero-order valence-corrected chi connectivity index (χ0v) is 11.2. The van der Waals surface area contributed by atoms with Crippen LogP contribution in [0.3, 0.4) is 0 Å². The Morgan fingerprint density at radius 2 is 1.89 bits per heavy atom. The number of benzene rings is 1. The van der Waals surface area contributed by atoms with Crippen molar-refractivity contribution in [3.8, 4) is 0 Å². The number of fused-ring (bicyclic) bond motifs is 1. The molecule has 0 saturated heterocycles. The minimum absolute atomic E-state index is 0.674. The maximum absolute atomic E-state index is 5.99. The van der Waals surface area contributed by atoms with Gasteiger partial charge in [0.05, 0.1) is 11.2 Å². The van der Waals surface area contributed by atoms with Crippen LogP contribution in [-0.4, -0.2) is 15.0 Å². The van der Waals surface area contributed by atoms with Crippen LogP contribution in [0.1, 0.15) is 5.56 Å². The smallest absolute Gasteiger partial charge is 0.125 e. The number of aryl methyl sites for hydroxylation is 1. The molecule has 3 aromatic rings. The van der Waals surface area contributed by atoms with Crippen molar-refractivity contribution in [3.05, 3.63) is 48.4 Å². The van der Waals surface area contributed by atoms with E-state index in [0.717, 1.165) is 26.5 Å². The fourth-order valence-electron chi connectivity index (χ4n) is 1.82. The Hall–Kier alpha value is -2.14. The van der Waals surface area contributed by atoms with Crippen LogP contribution in [0.15, 0.2) is 52.9 Å². The van der Waals surface area contributed by atoms with Crippen molar-refractivity contribution in [1.29, 1.82) is 0 Å². The molecule has 0 radical (unpaired) electrons. The molecular weight excluding hydrogens is 256 g/mol. The number of pyridine rings is 1. The number of nitrogens with zero attached hydrogens (tertiary/aromatic N) is 3. The SMILES string of the molecule is Cc1cnc(Sc2ncnc3ccccc23)c(N)c1. The number of para-hydroxylation sites is 1. The van der Waals surface area contributed by atoms with Gasteiger partial charge in [0.1, 0.15) is 16.4 Å². The summed E-state index contributed by atoms with van der Waals surface area (Å²) in [5, 5.41) is 2.65. The van der Waals surface area contributed by atoms with Gasteiger partial charge >= 0.3 is 0 Å². The van der Waals surface area contributed by atoms with E-state index in [2.05, 4.69) is 15.0 Å². The molecule has 3 rings (SSSR count). The van der Waals surface area contributed by atoms with Crippen LogP contribution < -0.4 is 5.73 Å². The zero-order valence-electron chi connectivity index (χ0n) is 10.4. The van der Waals surface area contributed by atoms with Crippen LogP contribution in [0, 0.1) is 6.92 Å². The molecule has 0 amide bonds. The van der Waals surface area contributed by atoms with Gasteiger partial charge in [-0.1, -0.05) is 18.2 Å². The Kier molecular flexibility index (Phi) is 3.05. The van der Waals surface area contributed by atoms with Gasteiger partial charge in [0.2, 0.25) is 0 Å². The van der Waals surface area contributed by atoms with E-state index in [-0.39, 0.29) is 0 Å². The molecule has 94 valence electrons. The minimum atomic E-state index is 0.674. The third-order valence-electron chi connectivity index (χ3n) is 2.72. The Morgan fingerprint density at radius 3 is 2.74 bits per heavy atom. The monoisotopic (exact) mass is 268 g/mol. The van der Waals surface area contributed by atoms with Crippen molar-refractivity contribution in [1.82, 2.24) is 15.0 Å². The molecule has 19 heavy (non-hydrogen) atoms. The van der Waals surface area contributed by atoms with E-state index in [1.165, 1.54) is 11.8 Å². The van der Waals surface area contributed by atoms with Gasteiger partial charge in [-0.25, -0.2) is 15.0 Å². The highest BCUT2D eigenvalue weighted by atomic mass is 32.2. The molecule has 0 aliphatic heterocycles. The fraction of sp³-hybridized carbons (Fsp3) is 0.0714. The molecule has 5 heteroatoms. The molecule has 0 unspecified atom stereocenters. The number of aromatic nitrogens is 3. The first-order valence-electron chi connectivity index (χ1n) is 5.84. The van der Waals surface area contributed by atoms with E-state index in [1.807, 2.05) is 43.5 Å². The molecule has 0 aliphatic rings. The largest absolute Gasteiger partial charge is 0.397 e. The Bertz CT molecular complexity index is 737. The first-order chi connectivity index (χ1) is 9.24. The van der Waals surface area contributed by atoms with E-state index in [1.54, 1.807) is 6.33 Å². The number of rotatable bonds is 2. The van der Waals surface area contributed by atoms with Crippen LogP contribution >= 0.6 is 11.8 Å². The highest BCUT2D eigenvalue weighted by Gasteiger charge is 2.08. The summed E-state index contributed by atoms with van der Waals surface area (Å²) in [6, 6.07) is 9.82. The van der Waals surface area contributed by atoms with Crippen molar-refractivity contribution < 1.29 is 0 Å². The molecule has 0 saturated carbocycles. The highest BCUT2D eigenvalue weighted by molar-refractivity contribution is 7.99. The maximum atomic E-state index is 5.99. The van der Waals surface area contributed by atoms with Crippen molar-refractivity contribution >= 4 is 28.4 Å². The van der Waals surface area contributed by atoms with Crippen molar-refractivity contribution in [2.45, 2.75) is 17.0 Å². The van der Waals surface area contributed by atoms with Crippen molar-refractivity contribution in [2.75, 3.05) is 5.73 Å². The van der Waals surface area contributed by atoms with Gasteiger partial charge in [0.15, 0.2) is 0 Å². The topological polar surface area (TPSA) is 64.7 Å². The van der Waals surface area contributed by atoms with Gasteiger partial charge in [-0.2, -0.15) is 0 Å². The normalized spacial score (nSPS) is 10.8. The Balaban J connectivity index is 2.06. The highest BCUT2D eigenvalue weighted by Crippen LogP contribution is 2.32. The van der Waals surface area contributed by atoms with E-state index < -0.39 is 0 Å². The van der Waals surface area contributed by atoms with Crippen molar-refractivity contribution in [3.63, 3.8) is 0 Å². The van der Waals surface area contributed by atoms with Crippen LogP contribution in [0.25, 0.3) is 10.9 Å². The lowest BCUT2D eigenvalue weighted by molar-refractivity contribution is 1.07. The van der Waals surface area contributed by atoms with Crippen LogP contribution in [-0.2, 0) is 0 Å². The summed E-state index contributed by atoms with van der Waals surface area (Å²) in [6.07, 6.45) is 3.37. The summed E-state index contributed by atoms with van der Waals surface area (Å²) in [6.45, 7) is 1.97. The number of nitrogens with two attached hydrogens (primary N) is 1. The summed E-state index contributed by atoms with van der Waals surface area (Å²) in [4.78, 5) is 12.9. The molecule has 0 atom stereocenters. The molecule has 0 spiro atoms. The zero-order chi connectivity index (χ0) is 13.2. The van der Waals surface area contributed by atoms with Gasteiger partial charge in [0.25, 0.3) is 0 Å². The molecule has 4 nitrogen and oxygen atoms in total. The van der Waals surface area contributed by atoms with Crippen LogP contribution in [0.4, 0.5) is 5.69 Å². The van der Waals surface area contributed by atoms with E-state index in [4.69, 9.17) is 5.73 Å². The predicted octanol–water partition coefficient (Wildman–Crippen LogP) is 3.07. The Morgan fingerprint density at radius 1 is 1.05 bits per heavy atom. The van der Waals surface area contributed by atoms with Crippen LogP contribution in [0.2, 0.25) is 0 Å². The summed E-state index contributed by atoms with van der Waals surface area (Å²) >= 11 is 1.47. The minimum Gasteiger partial charge on any atom is -0.397 e. The first kappa shape index (κ1) is 11.9. The maximum Gasteiger partial charge on any atom is 0.125 e. The van der Waals surface area contributed by atoms with Crippen molar-refractivity contribution in [2.24, 2.45) is 0 Å². The summed E-state index contributed by atoms with van der Waals surface area (Å²) < 4.78 is 0. The molecule has 0 bridgehead atoms. The summed E-state index contributed by atoms with van der Waals surface area (Å²) in [7, 11) is 0. The lowest BCUT2D eigenvalue weighted by atomic mass is 10.2. The predicted molar refractivity (Wildman–Crippen MR) is 77.0 cm³/mol. The lowest BCUT2D eigenvalue weighted by Gasteiger charge is -2.06. The van der Waals surface area contributed by atoms with E-state index in [9.17, 15) is 0 Å². The standard InChI is InChI=1S/C14H12N4S/c1-9-6-11(15)14(16-7-9)19-13-10-4-2-3-5-12(10)17-8-18-13/h2-8H,15H2,1H3. The number of hydrogen-bond acceptors (Lipinski definition) is 5. The van der Waals surface area contributed by atoms with E-state index in [0.29, 0.717) is 5.69 Å². The third-order valence-corrected chi connectivity index (χ3v) is 3.77. The molecule has 0 fully saturated rings. The average molecular weight is 268 g/mol. The second-order valence-electron chi connectivity index (χ2n) is 4.21. The first-order valence-corrected chi connectivity index (χ1v) is 6.65. The molecule has 2 N–H and O–H groups in total. The third kappa shape index (κ3) is 2.37. The number of hydrogen-bond donors (Lipinski definition) is 1. The van der Waals surface area contributed by atoms with Gasteiger partial charge in [-0.15, -0.1) is 0 Å². The Labute approximate surface area is 115 Å². The number of anilines is 1. The summed E-state index contributed by atoms with van der Waals surface area (Å²) in [5.74, 6) is 0. The molecular formula is C14H12N4S. The molecule has 2 aromatic heterocycles. The fourth-order valence-corrected chi connectivity index (χ4v) is 2.67. The second-order valence-corrected chi connectivity index (χ2v) is 5.18. The quantitative estimate of drug-likeness (QED) is 0.724. The lowest BCUT2D eigenvalue weighted by Crippen LogP contribution is -1.94. The molecule has 2 heterocycles. The summed E-state index contributed by atoms with van der Waals surface area (Å²) in [5.41, 5.74) is 8.63. The molecule has 1 aromatic carbocycles. The molecule has 0 aliphatic carbocycles. The average Bonchev–Trinajstić information content (AvgIpc) is 2.42. The van der Waals surface area contributed by atoms with Crippen LogP contribution in [0.5, 0.6) is 0 Å². The van der Waals surface area contributed by atoms with Gasteiger partial charge in [-0.05, 0) is 36.4 Å². The number of nitrogen functional groups attached to an aromatic ring is 1. The van der Waals surface area contributed by atoms with Gasteiger partial charge < -0.3 is 5.73 Å². The van der Waals surface area contributed by atoms with Gasteiger partial charge in [0, 0.05) is 11.6 Å². The second kappa shape index (κ2) is 4.85. The van der Waals surface area contributed by atoms with Gasteiger partial charge in [-0.3, -0.25) is 0 Å². The van der Waals surface area contributed by atoms with E-state index >= 15 is 0 Å².